The number of carbonyl (C=O) groups is 1. The molecular weight excluding hydrogens is 282 g/mol. The van der Waals surface area contributed by atoms with Gasteiger partial charge < -0.3 is 11.1 Å². The highest BCUT2D eigenvalue weighted by Gasteiger charge is 2.33. The number of anilines is 1. The van der Waals surface area contributed by atoms with E-state index in [1.807, 2.05) is 19.9 Å². The van der Waals surface area contributed by atoms with E-state index < -0.39 is 5.41 Å². The Morgan fingerprint density at radius 2 is 2.12 bits per heavy atom. The van der Waals surface area contributed by atoms with Gasteiger partial charge in [0.05, 0.1) is 17.3 Å². The van der Waals surface area contributed by atoms with Gasteiger partial charge in [0.25, 0.3) is 0 Å². The molecule has 1 aromatic rings. The molecule has 0 saturated carbocycles. The molecule has 1 heterocycles. The summed E-state index contributed by atoms with van der Waals surface area (Å²) in [4.78, 5) is 16.2. The predicted octanol–water partition coefficient (Wildman–Crippen LogP) is 2.55. The molecule has 3 N–H and O–H groups in total. The Kier molecular flexibility index (Phi) is 5.08. The largest absolute Gasteiger partial charge is 0.329 e. The lowest BCUT2D eigenvalue weighted by atomic mass is 9.81. The zero-order valence-corrected chi connectivity index (χ0v) is 11.8. The van der Waals surface area contributed by atoms with Crippen LogP contribution in [0.3, 0.4) is 0 Å². The van der Waals surface area contributed by atoms with Gasteiger partial charge in [0.15, 0.2) is 0 Å². The van der Waals surface area contributed by atoms with Gasteiger partial charge in [0, 0.05) is 6.54 Å². The van der Waals surface area contributed by atoms with Crippen molar-refractivity contribution in [1.82, 2.24) is 4.98 Å². The number of nitrogens with zero attached hydrogens (tertiary/aromatic N) is 1. The Morgan fingerprint density at radius 3 is 2.53 bits per heavy atom. The fraction of sp³-hybridized carbons (Fsp3) is 0.500. The molecule has 0 unspecified atom stereocenters. The van der Waals surface area contributed by atoms with E-state index in [2.05, 4.69) is 26.2 Å². The number of halogens is 1. The standard InChI is InChI=1S/C12H18BrN3O/c1-3-12(4-2,8-14)11(17)16-9-5-6-10(13)15-7-9/h5-7H,3-4,8,14H2,1-2H3,(H,16,17). The molecule has 0 radical (unpaired) electrons. The maximum absolute atomic E-state index is 12.2. The van der Waals surface area contributed by atoms with Gasteiger partial charge in [-0.25, -0.2) is 4.98 Å². The fourth-order valence-corrected chi connectivity index (χ4v) is 1.90. The Labute approximate surface area is 110 Å². The average Bonchev–Trinajstić information content (AvgIpc) is 2.35. The highest BCUT2D eigenvalue weighted by molar-refractivity contribution is 9.10. The van der Waals surface area contributed by atoms with E-state index in [-0.39, 0.29) is 5.91 Å². The maximum atomic E-state index is 12.2. The summed E-state index contributed by atoms with van der Waals surface area (Å²) in [6.45, 7) is 4.32. The van der Waals surface area contributed by atoms with Crippen LogP contribution >= 0.6 is 15.9 Å². The van der Waals surface area contributed by atoms with E-state index in [4.69, 9.17) is 5.73 Å². The summed E-state index contributed by atoms with van der Waals surface area (Å²) in [5, 5.41) is 2.86. The molecule has 0 saturated heterocycles. The van der Waals surface area contributed by atoms with Crippen molar-refractivity contribution in [3.63, 3.8) is 0 Å². The first-order valence-corrected chi connectivity index (χ1v) is 6.50. The number of hydrogen-bond acceptors (Lipinski definition) is 3. The highest BCUT2D eigenvalue weighted by atomic mass is 79.9. The van der Waals surface area contributed by atoms with Crippen molar-refractivity contribution in [3.05, 3.63) is 22.9 Å². The van der Waals surface area contributed by atoms with E-state index in [1.54, 1.807) is 12.3 Å². The molecule has 1 amide bonds. The first-order valence-electron chi connectivity index (χ1n) is 5.71. The Hall–Kier alpha value is -0.940. The third kappa shape index (κ3) is 3.26. The van der Waals surface area contributed by atoms with Crippen molar-refractivity contribution in [3.8, 4) is 0 Å². The SMILES string of the molecule is CCC(CC)(CN)C(=O)Nc1ccc(Br)nc1. The lowest BCUT2D eigenvalue weighted by Gasteiger charge is -2.28. The smallest absolute Gasteiger partial charge is 0.231 e. The second kappa shape index (κ2) is 6.12. The quantitative estimate of drug-likeness (QED) is 0.821. The van der Waals surface area contributed by atoms with E-state index >= 15 is 0 Å². The minimum atomic E-state index is -0.479. The second-order valence-corrected chi connectivity index (χ2v) is 4.83. The number of amides is 1. The molecule has 0 aliphatic rings. The lowest BCUT2D eigenvalue weighted by molar-refractivity contribution is -0.125. The minimum Gasteiger partial charge on any atom is -0.329 e. The monoisotopic (exact) mass is 299 g/mol. The molecule has 0 spiro atoms. The van der Waals surface area contributed by atoms with Crippen molar-refractivity contribution >= 4 is 27.5 Å². The number of aromatic nitrogens is 1. The summed E-state index contributed by atoms with van der Waals surface area (Å²) in [5.74, 6) is -0.0332. The number of rotatable bonds is 5. The van der Waals surface area contributed by atoms with E-state index in [9.17, 15) is 4.79 Å². The van der Waals surface area contributed by atoms with Crippen LogP contribution in [-0.2, 0) is 4.79 Å². The molecule has 0 fully saturated rings. The van der Waals surface area contributed by atoms with Crippen molar-refractivity contribution in [2.45, 2.75) is 26.7 Å². The number of hydrogen-bond donors (Lipinski definition) is 2. The molecular formula is C12H18BrN3O. The summed E-state index contributed by atoms with van der Waals surface area (Å²) in [7, 11) is 0. The zero-order chi connectivity index (χ0) is 12.9. The topological polar surface area (TPSA) is 68.0 Å². The van der Waals surface area contributed by atoms with Gasteiger partial charge >= 0.3 is 0 Å². The Morgan fingerprint density at radius 1 is 1.47 bits per heavy atom. The molecule has 17 heavy (non-hydrogen) atoms. The second-order valence-electron chi connectivity index (χ2n) is 4.02. The summed E-state index contributed by atoms with van der Waals surface area (Å²) >= 11 is 3.25. The van der Waals surface area contributed by atoms with Crippen LogP contribution in [0.4, 0.5) is 5.69 Å². The first kappa shape index (κ1) is 14.1. The van der Waals surface area contributed by atoms with Gasteiger partial charge in [-0.2, -0.15) is 0 Å². The molecule has 1 aromatic heterocycles. The summed E-state index contributed by atoms with van der Waals surface area (Å²) in [6.07, 6.45) is 3.08. The molecule has 4 nitrogen and oxygen atoms in total. The van der Waals surface area contributed by atoms with Crippen LogP contribution in [0, 0.1) is 5.41 Å². The molecule has 0 aromatic carbocycles. The summed E-state index contributed by atoms with van der Waals surface area (Å²) in [6, 6.07) is 3.60. The molecule has 0 bridgehead atoms. The van der Waals surface area contributed by atoms with E-state index in [0.717, 1.165) is 17.4 Å². The van der Waals surface area contributed by atoms with Crippen LogP contribution < -0.4 is 11.1 Å². The van der Waals surface area contributed by atoms with Crippen LogP contribution in [0.25, 0.3) is 0 Å². The van der Waals surface area contributed by atoms with Crippen molar-refractivity contribution in [1.29, 1.82) is 0 Å². The van der Waals surface area contributed by atoms with Crippen molar-refractivity contribution < 1.29 is 4.79 Å². The average molecular weight is 300 g/mol. The van der Waals surface area contributed by atoms with E-state index in [1.165, 1.54) is 0 Å². The third-order valence-electron chi connectivity index (χ3n) is 3.21. The molecule has 0 atom stereocenters. The molecule has 5 heteroatoms. The summed E-state index contributed by atoms with van der Waals surface area (Å²) < 4.78 is 0.742. The number of pyridine rings is 1. The van der Waals surface area contributed by atoms with E-state index in [0.29, 0.717) is 12.2 Å². The van der Waals surface area contributed by atoms with Crippen LogP contribution in [-0.4, -0.2) is 17.4 Å². The number of nitrogens with two attached hydrogens (primary N) is 1. The zero-order valence-electron chi connectivity index (χ0n) is 10.2. The molecule has 0 aliphatic carbocycles. The van der Waals surface area contributed by atoms with Crippen LogP contribution in [0.2, 0.25) is 0 Å². The highest BCUT2D eigenvalue weighted by Crippen LogP contribution is 2.26. The van der Waals surface area contributed by atoms with Gasteiger partial charge in [0.1, 0.15) is 4.60 Å². The normalized spacial score (nSPS) is 11.3. The summed E-state index contributed by atoms with van der Waals surface area (Å²) in [5.41, 5.74) is 5.94. The minimum absolute atomic E-state index is 0.0332. The Balaban J connectivity index is 2.80. The Bertz CT molecular complexity index is 366. The maximum Gasteiger partial charge on any atom is 0.231 e. The fourth-order valence-electron chi connectivity index (χ4n) is 1.67. The van der Waals surface area contributed by atoms with Crippen LogP contribution in [0.15, 0.2) is 22.9 Å². The van der Waals surface area contributed by atoms with Crippen LogP contribution in [0.5, 0.6) is 0 Å². The van der Waals surface area contributed by atoms with Gasteiger partial charge in [-0.1, -0.05) is 13.8 Å². The van der Waals surface area contributed by atoms with Gasteiger partial charge in [0.2, 0.25) is 5.91 Å². The molecule has 1 rings (SSSR count). The number of nitrogens with one attached hydrogen (secondary N) is 1. The number of carbonyl (C=O) groups excluding carboxylic acids is 1. The molecule has 94 valence electrons. The first-order chi connectivity index (χ1) is 8.07. The van der Waals surface area contributed by atoms with Gasteiger partial charge in [-0.3, -0.25) is 4.79 Å². The van der Waals surface area contributed by atoms with Gasteiger partial charge in [-0.15, -0.1) is 0 Å². The predicted molar refractivity (Wildman–Crippen MR) is 72.6 cm³/mol. The molecule has 0 aliphatic heterocycles. The van der Waals surface area contributed by atoms with Crippen molar-refractivity contribution in [2.75, 3.05) is 11.9 Å². The third-order valence-corrected chi connectivity index (χ3v) is 3.68. The van der Waals surface area contributed by atoms with Gasteiger partial charge in [-0.05, 0) is 40.9 Å². The van der Waals surface area contributed by atoms with Crippen LogP contribution in [0.1, 0.15) is 26.7 Å². The lowest BCUT2D eigenvalue weighted by Crippen LogP contribution is -2.41. The van der Waals surface area contributed by atoms with Crippen molar-refractivity contribution in [2.24, 2.45) is 11.1 Å².